The van der Waals surface area contributed by atoms with Gasteiger partial charge in [0.25, 0.3) is 5.91 Å². The second kappa shape index (κ2) is 12.9. The van der Waals surface area contributed by atoms with E-state index < -0.39 is 48.0 Å². The standard InChI is InChI=1S/C25H29N3O8/c1-25(2,3)36-20(29)14-27-22(31)19(28-24(34)35-15-16-7-5-4-6-8-16)13-26-21(30)17-9-11-18(12-10-17)23(32)33/h4-12,19H,13-15H2,1-3H3,(H,26,30)(H,27,31)(H,28,34)(H,32,33). The number of benzene rings is 2. The summed E-state index contributed by atoms with van der Waals surface area (Å²) in [7, 11) is 0. The van der Waals surface area contributed by atoms with Gasteiger partial charge in [0.1, 0.15) is 24.8 Å². The average molecular weight is 500 g/mol. The lowest BCUT2D eigenvalue weighted by Gasteiger charge is -2.21. The van der Waals surface area contributed by atoms with E-state index in [2.05, 4.69) is 16.0 Å². The van der Waals surface area contributed by atoms with Gasteiger partial charge >= 0.3 is 18.0 Å². The number of ether oxygens (including phenoxy) is 2. The van der Waals surface area contributed by atoms with Crippen molar-refractivity contribution in [3.8, 4) is 0 Å². The number of carboxylic acid groups (broad SMARTS) is 1. The molecule has 1 unspecified atom stereocenters. The van der Waals surface area contributed by atoms with Crippen LogP contribution in [0.1, 0.15) is 47.1 Å². The highest BCUT2D eigenvalue weighted by molar-refractivity contribution is 5.96. The molecule has 4 N–H and O–H groups in total. The quantitative estimate of drug-likeness (QED) is 0.360. The van der Waals surface area contributed by atoms with Crippen molar-refractivity contribution in [1.82, 2.24) is 16.0 Å². The molecule has 0 aliphatic carbocycles. The van der Waals surface area contributed by atoms with E-state index in [0.717, 1.165) is 5.56 Å². The minimum atomic E-state index is -1.28. The highest BCUT2D eigenvalue weighted by Crippen LogP contribution is 2.07. The van der Waals surface area contributed by atoms with E-state index in [1.54, 1.807) is 45.0 Å². The largest absolute Gasteiger partial charge is 0.478 e. The van der Waals surface area contributed by atoms with Gasteiger partial charge in [-0.2, -0.15) is 0 Å². The molecule has 2 aromatic carbocycles. The predicted octanol–water partition coefficient (Wildman–Crippen LogP) is 1.87. The topological polar surface area (TPSA) is 160 Å². The number of aromatic carboxylic acids is 1. The summed E-state index contributed by atoms with van der Waals surface area (Å²) < 4.78 is 10.3. The van der Waals surface area contributed by atoms with Crippen LogP contribution in [0.3, 0.4) is 0 Å². The lowest BCUT2D eigenvalue weighted by molar-refractivity contribution is -0.154. The zero-order valence-electron chi connectivity index (χ0n) is 20.2. The first kappa shape index (κ1) is 27.8. The van der Waals surface area contributed by atoms with E-state index in [1.165, 1.54) is 24.3 Å². The first-order valence-corrected chi connectivity index (χ1v) is 11.0. The van der Waals surface area contributed by atoms with Crippen molar-refractivity contribution in [2.45, 2.75) is 39.0 Å². The molecule has 0 heterocycles. The normalized spacial score (nSPS) is 11.5. The third-order valence-corrected chi connectivity index (χ3v) is 4.51. The second-order valence-electron chi connectivity index (χ2n) is 8.66. The first-order chi connectivity index (χ1) is 16.9. The fraction of sp³-hybridized carbons (Fsp3) is 0.320. The Morgan fingerprint density at radius 3 is 2.08 bits per heavy atom. The van der Waals surface area contributed by atoms with Crippen LogP contribution in [0, 0.1) is 0 Å². The van der Waals surface area contributed by atoms with E-state index in [9.17, 15) is 24.0 Å². The molecule has 11 heteroatoms. The molecule has 0 fully saturated rings. The van der Waals surface area contributed by atoms with E-state index in [4.69, 9.17) is 14.6 Å². The Hall–Kier alpha value is -4.41. The maximum absolute atomic E-state index is 12.7. The summed E-state index contributed by atoms with van der Waals surface area (Å²) in [4.78, 5) is 60.4. The summed E-state index contributed by atoms with van der Waals surface area (Å²) in [6, 6.07) is 12.8. The van der Waals surface area contributed by atoms with Gasteiger partial charge in [0, 0.05) is 12.1 Å². The van der Waals surface area contributed by atoms with Crippen LogP contribution in [0.15, 0.2) is 54.6 Å². The summed E-state index contributed by atoms with van der Waals surface area (Å²) in [5, 5.41) is 16.2. The number of rotatable bonds is 10. The smallest absolute Gasteiger partial charge is 0.408 e. The molecule has 2 rings (SSSR count). The first-order valence-electron chi connectivity index (χ1n) is 11.0. The number of hydrogen-bond acceptors (Lipinski definition) is 7. The third-order valence-electron chi connectivity index (χ3n) is 4.51. The van der Waals surface area contributed by atoms with Crippen molar-refractivity contribution in [2.75, 3.05) is 13.1 Å². The van der Waals surface area contributed by atoms with E-state index in [-0.39, 0.29) is 24.3 Å². The molecule has 192 valence electrons. The third kappa shape index (κ3) is 9.84. The molecular formula is C25H29N3O8. The van der Waals surface area contributed by atoms with Gasteiger partial charge in [-0.3, -0.25) is 14.4 Å². The number of carbonyl (C=O) groups excluding carboxylic acids is 4. The number of esters is 1. The molecule has 1 atom stereocenters. The number of alkyl carbamates (subject to hydrolysis) is 1. The van der Waals surface area contributed by atoms with Crippen LogP contribution in [0.5, 0.6) is 0 Å². The summed E-state index contributed by atoms with van der Waals surface area (Å²) in [6.45, 7) is 4.22. The monoisotopic (exact) mass is 499 g/mol. The fourth-order valence-electron chi connectivity index (χ4n) is 2.84. The number of amides is 3. The van der Waals surface area contributed by atoms with Crippen molar-refractivity contribution in [2.24, 2.45) is 0 Å². The van der Waals surface area contributed by atoms with E-state index in [1.807, 2.05) is 6.07 Å². The molecule has 0 aliphatic rings. The molecule has 11 nitrogen and oxygen atoms in total. The summed E-state index contributed by atoms with van der Waals surface area (Å²) in [5.41, 5.74) is 0.148. The zero-order valence-corrected chi connectivity index (χ0v) is 20.2. The van der Waals surface area contributed by atoms with Gasteiger partial charge in [0.15, 0.2) is 0 Å². The van der Waals surface area contributed by atoms with Crippen LogP contribution in [-0.2, 0) is 25.7 Å². The van der Waals surface area contributed by atoms with Crippen LogP contribution in [0.4, 0.5) is 4.79 Å². The van der Waals surface area contributed by atoms with Crippen molar-refractivity contribution in [3.05, 3.63) is 71.3 Å². The van der Waals surface area contributed by atoms with Crippen molar-refractivity contribution in [1.29, 1.82) is 0 Å². The van der Waals surface area contributed by atoms with Crippen molar-refractivity contribution in [3.63, 3.8) is 0 Å². The molecular weight excluding hydrogens is 470 g/mol. The van der Waals surface area contributed by atoms with Gasteiger partial charge in [0.05, 0.1) is 5.56 Å². The van der Waals surface area contributed by atoms with Crippen molar-refractivity contribution >= 4 is 29.8 Å². The van der Waals surface area contributed by atoms with Crippen LogP contribution in [0.2, 0.25) is 0 Å². The number of carboxylic acids is 1. The molecule has 2 aromatic rings. The SMILES string of the molecule is CC(C)(C)OC(=O)CNC(=O)C(CNC(=O)c1ccc(C(=O)O)cc1)NC(=O)OCc1ccccc1. The molecule has 3 amide bonds. The van der Waals surface area contributed by atoms with E-state index in [0.29, 0.717) is 0 Å². The average Bonchev–Trinajstić information content (AvgIpc) is 2.83. The Morgan fingerprint density at radius 1 is 0.889 bits per heavy atom. The highest BCUT2D eigenvalue weighted by atomic mass is 16.6. The molecule has 0 aliphatic heterocycles. The van der Waals surface area contributed by atoms with E-state index >= 15 is 0 Å². The van der Waals surface area contributed by atoms with Gasteiger partial charge in [-0.25, -0.2) is 9.59 Å². The minimum Gasteiger partial charge on any atom is -0.478 e. The number of nitrogens with one attached hydrogen (secondary N) is 3. The molecule has 0 spiro atoms. The molecule has 0 saturated heterocycles. The van der Waals surface area contributed by atoms with Gasteiger partial charge in [0.2, 0.25) is 5.91 Å². The van der Waals surface area contributed by atoms with Crippen LogP contribution in [-0.4, -0.2) is 59.7 Å². The molecule has 0 bridgehead atoms. The fourth-order valence-corrected chi connectivity index (χ4v) is 2.84. The van der Waals surface area contributed by atoms with Crippen molar-refractivity contribution < 1.29 is 38.6 Å². The zero-order chi connectivity index (χ0) is 26.7. The Bertz CT molecular complexity index is 1080. The maximum Gasteiger partial charge on any atom is 0.408 e. The Kier molecular flexibility index (Phi) is 9.96. The highest BCUT2D eigenvalue weighted by Gasteiger charge is 2.24. The van der Waals surface area contributed by atoms with Crippen LogP contribution >= 0.6 is 0 Å². The van der Waals surface area contributed by atoms with Crippen LogP contribution < -0.4 is 16.0 Å². The van der Waals surface area contributed by atoms with Crippen LogP contribution in [0.25, 0.3) is 0 Å². The Morgan fingerprint density at radius 2 is 1.50 bits per heavy atom. The lowest BCUT2D eigenvalue weighted by Crippen LogP contribution is -2.53. The number of hydrogen-bond donors (Lipinski definition) is 4. The van der Waals surface area contributed by atoms with Gasteiger partial charge in [-0.1, -0.05) is 30.3 Å². The molecule has 0 saturated carbocycles. The lowest BCUT2D eigenvalue weighted by atomic mass is 10.1. The van der Waals surface area contributed by atoms with Gasteiger partial charge in [-0.05, 0) is 50.6 Å². The van der Waals surface area contributed by atoms with Gasteiger partial charge < -0.3 is 30.5 Å². The number of carbonyl (C=O) groups is 5. The molecule has 36 heavy (non-hydrogen) atoms. The summed E-state index contributed by atoms with van der Waals surface area (Å²) >= 11 is 0. The Balaban J connectivity index is 2.01. The summed E-state index contributed by atoms with van der Waals surface area (Å²) in [6.07, 6.45) is -0.906. The molecule has 0 aromatic heterocycles. The maximum atomic E-state index is 12.7. The summed E-state index contributed by atoms with van der Waals surface area (Å²) in [5.74, 6) is -3.17. The Labute approximate surface area is 208 Å². The molecule has 0 radical (unpaired) electrons. The predicted molar refractivity (Wildman–Crippen MR) is 128 cm³/mol. The second-order valence-corrected chi connectivity index (χ2v) is 8.66. The van der Waals surface area contributed by atoms with Gasteiger partial charge in [-0.15, -0.1) is 0 Å². The minimum absolute atomic E-state index is 0.00813.